The highest BCUT2D eigenvalue weighted by molar-refractivity contribution is 5.96. The van der Waals surface area contributed by atoms with Crippen LogP contribution in [0.15, 0.2) is 48.5 Å². The van der Waals surface area contributed by atoms with Crippen LogP contribution in [0.2, 0.25) is 0 Å². The van der Waals surface area contributed by atoms with Gasteiger partial charge in [0.1, 0.15) is 0 Å². The molecule has 2 fully saturated rings. The Bertz CT molecular complexity index is 1310. The van der Waals surface area contributed by atoms with Gasteiger partial charge in [0, 0.05) is 37.3 Å². The number of carboxylic acids is 1. The Morgan fingerprint density at radius 3 is 2.44 bits per heavy atom. The van der Waals surface area contributed by atoms with Gasteiger partial charge in [0.15, 0.2) is 6.17 Å². The average molecular weight is 566 g/mol. The molecule has 2 unspecified atom stereocenters. The highest BCUT2D eigenvalue weighted by atomic mass is 16.6. The van der Waals surface area contributed by atoms with Gasteiger partial charge in [0.2, 0.25) is 5.91 Å². The van der Waals surface area contributed by atoms with Crippen LogP contribution >= 0.6 is 0 Å². The molecule has 1 saturated carbocycles. The number of carbonyl (C=O) groups excluding carboxylic acids is 3. The molecule has 4 rings (SSSR count). The first-order chi connectivity index (χ1) is 19.6. The minimum atomic E-state index is -1.31. The van der Waals surface area contributed by atoms with Crippen molar-refractivity contribution in [3.63, 3.8) is 0 Å². The molecule has 4 amide bonds. The molecule has 2 aliphatic rings. The van der Waals surface area contributed by atoms with E-state index >= 15 is 0 Å². The van der Waals surface area contributed by atoms with Crippen LogP contribution in [0.25, 0.3) is 0 Å². The molecular weight excluding hydrogens is 530 g/mol. The van der Waals surface area contributed by atoms with Gasteiger partial charge in [-0.15, -0.1) is 0 Å². The summed E-state index contributed by atoms with van der Waals surface area (Å²) in [6.07, 6.45) is 3.51. The summed E-state index contributed by atoms with van der Waals surface area (Å²) in [5.74, 6) is -1.77. The first-order valence-corrected chi connectivity index (χ1v) is 13.8. The number of rotatable bonds is 10. The Balaban J connectivity index is 1.58. The monoisotopic (exact) mass is 565 g/mol. The van der Waals surface area contributed by atoms with Crippen molar-refractivity contribution < 1.29 is 29.2 Å². The molecule has 12 nitrogen and oxygen atoms in total. The Morgan fingerprint density at radius 2 is 1.76 bits per heavy atom. The maximum Gasteiger partial charge on any atom is 0.323 e. The summed E-state index contributed by atoms with van der Waals surface area (Å²) in [7, 11) is 0. The van der Waals surface area contributed by atoms with Crippen LogP contribution in [0.5, 0.6) is 0 Å². The van der Waals surface area contributed by atoms with Crippen molar-refractivity contribution in [2.75, 3.05) is 18.4 Å². The van der Waals surface area contributed by atoms with E-state index in [2.05, 4.69) is 10.6 Å². The number of amides is 4. The molecule has 0 aromatic heterocycles. The number of nitro groups is 1. The molecule has 1 saturated heterocycles. The van der Waals surface area contributed by atoms with Gasteiger partial charge < -0.3 is 20.6 Å². The summed E-state index contributed by atoms with van der Waals surface area (Å²) in [4.78, 5) is 65.5. The highest BCUT2D eigenvalue weighted by Crippen LogP contribution is 2.30. The number of carbonyl (C=O) groups is 4. The molecule has 2 aromatic rings. The number of nitrogens with zero attached hydrogens (tertiary/aromatic N) is 3. The number of aryl methyl sites for hydroxylation is 1. The maximum absolute atomic E-state index is 13.8. The van der Waals surface area contributed by atoms with Crippen LogP contribution in [0.4, 0.5) is 16.2 Å². The van der Waals surface area contributed by atoms with Crippen LogP contribution in [0.3, 0.4) is 0 Å². The van der Waals surface area contributed by atoms with Crippen molar-refractivity contribution in [1.82, 2.24) is 15.1 Å². The lowest BCUT2D eigenvalue weighted by Gasteiger charge is -2.31. The number of benzene rings is 2. The number of aliphatic carboxylic acids is 1. The van der Waals surface area contributed by atoms with E-state index < -0.39 is 41.5 Å². The van der Waals surface area contributed by atoms with Crippen LogP contribution in [0.1, 0.15) is 62.1 Å². The first-order valence-electron chi connectivity index (χ1n) is 13.8. The Kier molecular flexibility index (Phi) is 9.53. The second-order valence-electron chi connectivity index (χ2n) is 10.7. The molecule has 218 valence electrons. The summed E-state index contributed by atoms with van der Waals surface area (Å²) < 4.78 is 0. The molecule has 2 atom stereocenters. The molecule has 41 heavy (non-hydrogen) atoms. The molecule has 12 heteroatoms. The van der Waals surface area contributed by atoms with Crippen molar-refractivity contribution in [3.05, 3.63) is 69.8 Å². The number of anilines is 1. The van der Waals surface area contributed by atoms with Crippen LogP contribution in [-0.4, -0.2) is 62.9 Å². The summed E-state index contributed by atoms with van der Waals surface area (Å²) in [6, 6.07) is 10.8. The summed E-state index contributed by atoms with van der Waals surface area (Å²) >= 11 is 0. The molecule has 0 bridgehead atoms. The number of hydrogen-bond acceptors (Lipinski definition) is 6. The Morgan fingerprint density at radius 1 is 1.05 bits per heavy atom. The third kappa shape index (κ3) is 7.59. The number of nitro benzene ring substituents is 1. The number of hydrogen-bond donors (Lipinski definition) is 3. The van der Waals surface area contributed by atoms with E-state index in [4.69, 9.17) is 0 Å². The maximum atomic E-state index is 13.8. The topological polar surface area (TPSA) is 162 Å². The van der Waals surface area contributed by atoms with Crippen molar-refractivity contribution in [3.8, 4) is 0 Å². The predicted molar refractivity (Wildman–Crippen MR) is 150 cm³/mol. The minimum absolute atomic E-state index is 0.102. The van der Waals surface area contributed by atoms with E-state index in [1.54, 1.807) is 18.2 Å². The van der Waals surface area contributed by atoms with E-state index in [9.17, 15) is 34.4 Å². The molecular formula is C29H35N5O7. The normalized spacial score (nSPS) is 17.7. The van der Waals surface area contributed by atoms with Crippen molar-refractivity contribution in [2.45, 2.75) is 64.1 Å². The molecule has 1 heterocycles. The lowest BCUT2D eigenvalue weighted by molar-refractivity contribution is -0.384. The fourth-order valence-corrected chi connectivity index (χ4v) is 5.60. The van der Waals surface area contributed by atoms with E-state index in [1.165, 1.54) is 34.1 Å². The van der Waals surface area contributed by atoms with Gasteiger partial charge >= 0.3 is 12.0 Å². The number of nitrogens with one attached hydrogen (secondary N) is 2. The van der Waals surface area contributed by atoms with E-state index in [-0.39, 0.29) is 36.7 Å². The summed E-state index contributed by atoms with van der Waals surface area (Å²) in [5.41, 5.74) is 1.43. The summed E-state index contributed by atoms with van der Waals surface area (Å²) in [6.45, 7) is 2.12. The van der Waals surface area contributed by atoms with Crippen LogP contribution in [0, 0.1) is 23.0 Å². The van der Waals surface area contributed by atoms with E-state index in [1.807, 2.05) is 13.0 Å². The zero-order valence-electron chi connectivity index (χ0n) is 23.0. The summed E-state index contributed by atoms with van der Waals surface area (Å²) in [5, 5.41) is 26.3. The van der Waals surface area contributed by atoms with Crippen molar-refractivity contribution in [1.29, 1.82) is 0 Å². The van der Waals surface area contributed by atoms with Gasteiger partial charge in [0.05, 0.1) is 17.4 Å². The van der Waals surface area contributed by atoms with Gasteiger partial charge in [0.25, 0.3) is 11.6 Å². The third-order valence-electron chi connectivity index (χ3n) is 7.68. The minimum Gasteiger partial charge on any atom is -0.481 e. The number of non-ortho nitro benzene ring substituents is 1. The number of urea groups is 1. The second-order valence-corrected chi connectivity index (χ2v) is 10.7. The van der Waals surface area contributed by atoms with Crippen molar-refractivity contribution >= 4 is 35.2 Å². The zero-order valence-corrected chi connectivity index (χ0v) is 23.0. The first kappa shape index (κ1) is 29.5. The Labute approximate surface area is 237 Å². The zero-order chi connectivity index (χ0) is 29.5. The highest BCUT2D eigenvalue weighted by Gasteiger charge is 2.43. The second kappa shape index (κ2) is 13.2. The lowest BCUT2D eigenvalue weighted by atomic mass is 10.0. The average Bonchev–Trinajstić information content (AvgIpc) is 3.62. The lowest BCUT2D eigenvalue weighted by Crippen LogP contribution is -2.55. The third-order valence-corrected chi connectivity index (χ3v) is 7.68. The van der Waals surface area contributed by atoms with Gasteiger partial charge in [-0.2, -0.15) is 0 Å². The Hall–Kier alpha value is -4.48. The van der Waals surface area contributed by atoms with Gasteiger partial charge in [-0.1, -0.05) is 49.9 Å². The van der Waals surface area contributed by atoms with Crippen molar-refractivity contribution in [2.24, 2.45) is 5.92 Å². The quantitative estimate of drug-likeness (QED) is 0.287. The fraction of sp³-hybridized carbons (Fsp3) is 0.448. The molecule has 3 N–H and O–H groups in total. The molecule has 0 radical (unpaired) electrons. The van der Waals surface area contributed by atoms with Gasteiger partial charge in [-0.05, 0) is 42.5 Å². The van der Waals surface area contributed by atoms with Crippen LogP contribution in [-0.2, 0) is 14.4 Å². The predicted octanol–water partition coefficient (Wildman–Crippen LogP) is 4.21. The van der Waals surface area contributed by atoms with E-state index in [0.29, 0.717) is 18.0 Å². The van der Waals surface area contributed by atoms with Gasteiger partial charge in [-0.25, -0.2) is 4.79 Å². The molecule has 0 spiro atoms. The van der Waals surface area contributed by atoms with Crippen LogP contribution < -0.4 is 10.6 Å². The molecule has 1 aliphatic carbocycles. The van der Waals surface area contributed by atoms with E-state index in [0.717, 1.165) is 31.2 Å². The largest absolute Gasteiger partial charge is 0.481 e. The molecule has 1 aliphatic heterocycles. The number of carboxylic acid groups (broad SMARTS) is 1. The fourth-order valence-electron chi connectivity index (χ4n) is 5.60. The van der Waals surface area contributed by atoms with Gasteiger partial charge in [-0.3, -0.25) is 29.4 Å². The smallest absolute Gasteiger partial charge is 0.323 e. The molecule has 2 aromatic carbocycles. The standard InChI is InChI=1S/C29H35N5O7/c1-19-6-4-10-22(16-19)30-29(39)33-15-14-32(25(35)13-12-20-7-2-3-8-20)28(33)27(38)31-24(18-26(36)37)21-9-5-11-23(17-21)34(40)41/h4-6,9-11,16-17,20,24,28H,2-3,7-8,12-15,18H2,1H3,(H,30,39)(H,31,38)(H,36,37). The SMILES string of the molecule is Cc1cccc(NC(=O)N2CCN(C(=O)CCC3CCCC3)C2C(=O)NC(CC(=O)O)c2cccc([N+](=O)[O-])c2)c1.